The van der Waals surface area contributed by atoms with Gasteiger partial charge in [-0.1, -0.05) is 19.9 Å². The van der Waals surface area contributed by atoms with Crippen molar-refractivity contribution in [2.75, 3.05) is 0 Å². The smallest absolute Gasteiger partial charge is 0.169 e. The minimum Gasteiger partial charge on any atom is -0.294 e. The summed E-state index contributed by atoms with van der Waals surface area (Å²) in [5.74, 6) is 0.0750. The van der Waals surface area contributed by atoms with Gasteiger partial charge in [0.15, 0.2) is 5.78 Å². The molecule has 2 aromatic rings. The van der Waals surface area contributed by atoms with Crippen molar-refractivity contribution in [3.63, 3.8) is 0 Å². The molecule has 0 spiro atoms. The van der Waals surface area contributed by atoms with Crippen molar-refractivity contribution in [3.05, 3.63) is 35.7 Å². The van der Waals surface area contributed by atoms with Crippen molar-refractivity contribution >= 4 is 11.3 Å². The number of nitrogens with zero attached hydrogens (tertiary/aromatic N) is 3. The number of hydrogen-bond acceptors (Lipinski definition) is 3. The van der Waals surface area contributed by atoms with E-state index in [1.54, 1.807) is 10.7 Å². The van der Waals surface area contributed by atoms with Gasteiger partial charge in [0.05, 0.1) is 23.3 Å². The third-order valence-electron chi connectivity index (χ3n) is 2.89. The molecule has 0 N–H and O–H groups in total. The molecule has 0 atom stereocenters. The van der Waals surface area contributed by atoms with Crippen LogP contribution in [0.5, 0.6) is 0 Å². The number of ketones is 1. The molecule has 0 aliphatic rings. The number of rotatable bonds is 4. The number of hydrogen-bond donors (Lipinski definition) is 0. The second-order valence-corrected chi connectivity index (χ2v) is 4.60. The second-order valence-electron chi connectivity index (χ2n) is 4.60. The van der Waals surface area contributed by atoms with Crippen LogP contribution in [0.4, 0.5) is 0 Å². The normalized spacial score (nSPS) is 10.8. The van der Waals surface area contributed by atoms with E-state index in [2.05, 4.69) is 11.2 Å². The molecule has 92 valence electrons. The van der Waals surface area contributed by atoms with Crippen molar-refractivity contribution in [2.45, 2.75) is 26.7 Å². The van der Waals surface area contributed by atoms with Gasteiger partial charge in [-0.15, -0.1) is 0 Å². The Labute approximate surface area is 106 Å². The monoisotopic (exact) mass is 241 g/mol. The number of nitriles is 1. The predicted octanol–water partition coefficient (Wildman–Crippen LogP) is 2.63. The van der Waals surface area contributed by atoms with Crippen molar-refractivity contribution in [3.8, 4) is 6.07 Å². The zero-order valence-corrected chi connectivity index (χ0v) is 10.6. The molecule has 4 heteroatoms. The van der Waals surface area contributed by atoms with Gasteiger partial charge in [0.1, 0.15) is 0 Å². The number of pyridine rings is 1. The highest BCUT2D eigenvalue weighted by Gasteiger charge is 2.15. The Kier molecular flexibility index (Phi) is 3.42. The average molecular weight is 241 g/mol. The molecular formula is C14H15N3O. The van der Waals surface area contributed by atoms with E-state index >= 15 is 0 Å². The molecule has 18 heavy (non-hydrogen) atoms. The summed E-state index contributed by atoms with van der Waals surface area (Å²) in [6, 6.07) is 5.97. The van der Waals surface area contributed by atoms with E-state index in [0.717, 1.165) is 11.1 Å². The summed E-state index contributed by atoms with van der Waals surface area (Å²) in [7, 11) is 0. The van der Waals surface area contributed by atoms with E-state index in [9.17, 15) is 4.79 Å². The summed E-state index contributed by atoms with van der Waals surface area (Å²) < 4.78 is 1.71. The Bertz CT molecular complexity index is 619. The average Bonchev–Trinajstić information content (AvgIpc) is 2.78. The number of fused-ring (bicyclic) bond motifs is 1. The van der Waals surface area contributed by atoms with E-state index in [4.69, 9.17) is 5.26 Å². The Morgan fingerprint density at radius 2 is 2.28 bits per heavy atom. The third-order valence-corrected chi connectivity index (χ3v) is 2.89. The van der Waals surface area contributed by atoms with E-state index in [0.29, 0.717) is 18.4 Å². The first-order valence-electron chi connectivity index (χ1n) is 6.01. The summed E-state index contributed by atoms with van der Waals surface area (Å²) in [6.07, 6.45) is 4.69. The molecule has 0 radical (unpaired) electrons. The van der Waals surface area contributed by atoms with Crippen LogP contribution in [0.25, 0.3) is 5.52 Å². The molecule has 4 nitrogen and oxygen atoms in total. The van der Waals surface area contributed by atoms with Gasteiger partial charge in [-0.05, 0) is 18.1 Å². The van der Waals surface area contributed by atoms with Crippen molar-refractivity contribution < 1.29 is 4.79 Å². The summed E-state index contributed by atoms with van der Waals surface area (Å²) in [6.45, 7) is 3.76. The minimum atomic E-state index is -0.0312. The lowest BCUT2D eigenvalue weighted by Gasteiger charge is -2.03. The first-order valence-corrected chi connectivity index (χ1v) is 6.01. The fourth-order valence-corrected chi connectivity index (χ4v) is 1.88. The van der Waals surface area contributed by atoms with E-state index < -0.39 is 0 Å². The highest BCUT2D eigenvalue weighted by molar-refractivity contribution is 6.03. The molecule has 2 aromatic heterocycles. The van der Waals surface area contributed by atoms with Gasteiger partial charge < -0.3 is 0 Å². The Morgan fingerprint density at radius 3 is 2.94 bits per heavy atom. The number of aryl methyl sites for hydroxylation is 1. The summed E-state index contributed by atoms with van der Waals surface area (Å²) in [4.78, 5) is 12.0. The Balaban J connectivity index is 2.38. The molecule has 2 rings (SSSR count). The predicted molar refractivity (Wildman–Crippen MR) is 68.3 cm³/mol. The molecule has 0 bridgehead atoms. The van der Waals surface area contributed by atoms with Crippen LogP contribution < -0.4 is 0 Å². The van der Waals surface area contributed by atoms with Crippen molar-refractivity contribution in [1.29, 1.82) is 5.26 Å². The minimum absolute atomic E-state index is 0.0312. The second kappa shape index (κ2) is 5.01. The Hall–Kier alpha value is -2.15. The first kappa shape index (κ1) is 12.3. The number of carbonyl (C=O) groups is 1. The fourth-order valence-electron chi connectivity index (χ4n) is 1.88. The molecule has 0 amide bonds. The number of carbonyl (C=O) groups excluding carboxylic acids is 1. The number of aromatic nitrogens is 2. The molecule has 0 saturated heterocycles. The van der Waals surface area contributed by atoms with Gasteiger partial charge in [0.2, 0.25) is 0 Å². The third kappa shape index (κ3) is 2.25. The summed E-state index contributed by atoms with van der Waals surface area (Å²) in [5.41, 5.74) is 2.54. The number of Topliss-reactive ketones (excluding diaryl/α,β-unsaturated/α-hetero) is 1. The molecule has 0 saturated carbocycles. The lowest BCUT2D eigenvalue weighted by Crippen LogP contribution is -2.06. The lowest BCUT2D eigenvalue weighted by molar-refractivity contribution is 0.0941. The summed E-state index contributed by atoms with van der Waals surface area (Å²) in [5, 5.41) is 12.8. The van der Waals surface area contributed by atoms with Gasteiger partial charge >= 0.3 is 0 Å². The largest absolute Gasteiger partial charge is 0.294 e. The van der Waals surface area contributed by atoms with Crippen molar-refractivity contribution in [2.24, 2.45) is 5.92 Å². The molecule has 2 heterocycles. The van der Waals surface area contributed by atoms with Crippen molar-refractivity contribution in [1.82, 2.24) is 9.61 Å². The quantitative estimate of drug-likeness (QED) is 0.773. The van der Waals surface area contributed by atoms with Crippen LogP contribution in [0.3, 0.4) is 0 Å². The highest BCUT2D eigenvalue weighted by atomic mass is 16.1. The van der Waals surface area contributed by atoms with Crippen LogP contribution in [0.1, 0.15) is 36.2 Å². The maximum Gasteiger partial charge on any atom is 0.169 e. The Morgan fingerprint density at radius 1 is 1.50 bits per heavy atom. The standard InChI is InChI=1S/C14H15N3O/c1-10(2)14(18)12-8-16-17-9-11(4-3-7-15)5-6-13(12)17/h5-6,8-10H,3-4H2,1-2H3. The highest BCUT2D eigenvalue weighted by Crippen LogP contribution is 2.16. The molecular weight excluding hydrogens is 226 g/mol. The van der Waals surface area contributed by atoms with E-state index in [1.165, 1.54) is 0 Å². The molecule has 0 aliphatic carbocycles. The maximum atomic E-state index is 12.0. The van der Waals surface area contributed by atoms with Crippen LogP contribution in [0, 0.1) is 17.2 Å². The van der Waals surface area contributed by atoms with Crippen LogP contribution in [0.2, 0.25) is 0 Å². The van der Waals surface area contributed by atoms with Crippen LogP contribution in [-0.4, -0.2) is 15.4 Å². The fraction of sp³-hybridized carbons (Fsp3) is 0.357. The summed E-state index contributed by atoms with van der Waals surface area (Å²) >= 11 is 0. The lowest BCUT2D eigenvalue weighted by atomic mass is 10.0. The van der Waals surface area contributed by atoms with Gasteiger partial charge in [0.25, 0.3) is 0 Å². The SMILES string of the molecule is CC(C)C(=O)c1cnn2cc(CCC#N)ccc12. The zero-order chi connectivity index (χ0) is 13.1. The van der Waals surface area contributed by atoms with Crippen LogP contribution >= 0.6 is 0 Å². The topological polar surface area (TPSA) is 58.2 Å². The molecule has 0 fully saturated rings. The van der Waals surface area contributed by atoms with E-state index in [-0.39, 0.29) is 11.7 Å². The zero-order valence-electron chi connectivity index (χ0n) is 10.6. The van der Waals surface area contributed by atoms with Gasteiger partial charge in [-0.25, -0.2) is 4.52 Å². The van der Waals surface area contributed by atoms with Gasteiger partial charge in [-0.3, -0.25) is 4.79 Å². The van der Waals surface area contributed by atoms with Crippen LogP contribution in [0.15, 0.2) is 24.5 Å². The molecule has 0 unspecified atom stereocenters. The van der Waals surface area contributed by atoms with E-state index in [1.807, 2.05) is 32.2 Å². The van der Waals surface area contributed by atoms with Gasteiger partial charge in [0, 0.05) is 18.5 Å². The molecule has 0 aliphatic heterocycles. The van der Waals surface area contributed by atoms with Crippen LogP contribution in [-0.2, 0) is 6.42 Å². The molecule has 0 aromatic carbocycles. The first-order chi connectivity index (χ1) is 8.63. The van der Waals surface area contributed by atoms with Gasteiger partial charge in [-0.2, -0.15) is 10.4 Å². The maximum absolute atomic E-state index is 12.0.